The highest BCUT2D eigenvalue weighted by Crippen LogP contribution is 2.20. The zero-order valence-electron chi connectivity index (χ0n) is 12.4. The van der Waals surface area contributed by atoms with Crippen LogP contribution in [0.2, 0.25) is 0 Å². The van der Waals surface area contributed by atoms with Crippen LogP contribution in [0.1, 0.15) is 36.4 Å². The predicted molar refractivity (Wildman–Crippen MR) is 78.9 cm³/mol. The van der Waals surface area contributed by atoms with Gasteiger partial charge in [-0.05, 0) is 20.3 Å². The number of anilines is 2. The van der Waals surface area contributed by atoms with E-state index >= 15 is 0 Å². The summed E-state index contributed by atoms with van der Waals surface area (Å²) in [6.07, 6.45) is 3.59. The number of oxazole rings is 1. The van der Waals surface area contributed by atoms with Crippen LogP contribution in [-0.2, 0) is 13.0 Å². The van der Waals surface area contributed by atoms with E-state index in [2.05, 4.69) is 32.5 Å². The van der Waals surface area contributed by atoms with E-state index in [1.807, 2.05) is 20.9 Å². The quantitative estimate of drug-likeness (QED) is 0.844. The van der Waals surface area contributed by atoms with Gasteiger partial charge in [0.25, 0.3) is 0 Å². The van der Waals surface area contributed by atoms with Crippen LogP contribution in [-0.4, -0.2) is 22.0 Å². The van der Waals surface area contributed by atoms with Gasteiger partial charge in [0.05, 0.1) is 12.7 Å². The van der Waals surface area contributed by atoms with Crippen molar-refractivity contribution in [3.05, 3.63) is 29.2 Å². The SMILES string of the molecule is CCCc1nc(NC)c(C)c(NCc2ncc(C)o2)n1. The number of hydrogen-bond donors (Lipinski definition) is 2. The van der Waals surface area contributed by atoms with Crippen molar-refractivity contribution in [3.63, 3.8) is 0 Å². The molecular weight excluding hydrogens is 254 g/mol. The summed E-state index contributed by atoms with van der Waals surface area (Å²) >= 11 is 0. The van der Waals surface area contributed by atoms with Gasteiger partial charge in [-0.2, -0.15) is 0 Å². The van der Waals surface area contributed by atoms with Gasteiger partial charge in [-0.15, -0.1) is 0 Å². The van der Waals surface area contributed by atoms with Gasteiger partial charge in [0.1, 0.15) is 23.2 Å². The van der Waals surface area contributed by atoms with E-state index in [-0.39, 0.29) is 0 Å². The van der Waals surface area contributed by atoms with Crippen LogP contribution in [0.3, 0.4) is 0 Å². The largest absolute Gasteiger partial charge is 0.444 e. The summed E-state index contributed by atoms with van der Waals surface area (Å²) in [5, 5.41) is 6.38. The third-order valence-corrected chi connectivity index (χ3v) is 2.98. The topological polar surface area (TPSA) is 75.9 Å². The standard InChI is InChI=1S/C14H21N5O/c1-5-6-11-18-13(15-4)10(3)14(19-11)17-8-12-16-7-9(2)20-12/h7H,5-6,8H2,1-4H3,(H2,15,17,18,19). The van der Waals surface area contributed by atoms with Crippen LogP contribution < -0.4 is 10.6 Å². The molecule has 0 atom stereocenters. The first-order valence-electron chi connectivity index (χ1n) is 6.84. The maximum atomic E-state index is 5.45. The Kier molecular flexibility index (Phi) is 4.55. The molecule has 2 heterocycles. The Morgan fingerprint density at radius 1 is 1.20 bits per heavy atom. The highest BCUT2D eigenvalue weighted by Gasteiger charge is 2.10. The molecule has 2 aromatic rings. The molecule has 0 unspecified atom stereocenters. The third kappa shape index (κ3) is 3.26. The fourth-order valence-electron chi connectivity index (χ4n) is 1.96. The molecule has 0 spiro atoms. The van der Waals surface area contributed by atoms with E-state index in [1.54, 1.807) is 6.20 Å². The van der Waals surface area contributed by atoms with Gasteiger partial charge in [0.15, 0.2) is 0 Å². The highest BCUT2D eigenvalue weighted by molar-refractivity contribution is 5.56. The lowest BCUT2D eigenvalue weighted by Crippen LogP contribution is -2.10. The molecule has 6 nitrogen and oxygen atoms in total. The third-order valence-electron chi connectivity index (χ3n) is 2.98. The summed E-state index contributed by atoms with van der Waals surface area (Å²) in [5.74, 6) is 3.99. The minimum absolute atomic E-state index is 0.514. The lowest BCUT2D eigenvalue weighted by Gasteiger charge is -2.12. The second kappa shape index (κ2) is 6.36. The summed E-state index contributed by atoms with van der Waals surface area (Å²) in [6, 6.07) is 0. The summed E-state index contributed by atoms with van der Waals surface area (Å²) in [7, 11) is 1.87. The Morgan fingerprint density at radius 2 is 1.95 bits per heavy atom. The monoisotopic (exact) mass is 275 g/mol. The Hall–Kier alpha value is -2.11. The maximum Gasteiger partial charge on any atom is 0.213 e. The molecule has 2 aromatic heterocycles. The van der Waals surface area contributed by atoms with Crippen molar-refractivity contribution in [3.8, 4) is 0 Å². The smallest absolute Gasteiger partial charge is 0.213 e. The molecule has 2 N–H and O–H groups in total. The Labute approximate surface area is 119 Å². The lowest BCUT2D eigenvalue weighted by molar-refractivity contribution is 0.478. The van der Waals surface area contributed by atoms with E-state index < -0.39 is 0 Å². The van der Waals surface area contributed by atoms with Crippen molar-refractivity contribution in [1.29, 1.82) is 0 Å². The average molecular weight is 275 g/mol. The van der Waals surface area contributed by atoms with Gasteiger partial charge >= 0.3 is 0 Å². The number of nitrogens with one attached hydrogen (secondary N) is 2. The first kappa shape index (κ1) is 14.3. The van der Waals surface area contributed by atoms with Gasteiger partial charge in [-0.1, -0.05) is 6.92 Å². The molecule has 0 aliphatic heterocycles. The second-order valence-corrected chi connectivity index (χ2v) is 4.68. The molecule has 0 radical (unpaired) electrons. The van der Waals surface area contributed by atoms with Crippen molar-refractivity contribution < 1.29 is 4.42 Å². The van der Waals surface area contributed by atoms with E-state index in [9.17, 15) is 0 Å². The van der Waals surface area contributed by atoms with E-state index in [0.717, 1.165) is 41.6 Å². The van der Waals surface area contributed by atoms with Crippen molar-refractivity contribution in [1.82, 2.24) is 15.0 Å². The van der Waals surface area contributed by atoms with Gasteiger partial charge in [0.2, 0.25) is 5.89 Å². The van der Waals surface area contributed by atoms with Crippen LogP contribution in [0.15, 0.2) is 10.6 Å². The molecule has 0 saturated heterocycles. The molecule has 2 rings (SSSR count). The van der Waals surface area contributed by atoms with Gasteiger partial charge < -0.3 is 15.1 Å². The molecule has 6 heteroatoms. The zero-order valence-corrected chi connectivity index (χ0v) is 12.4. The number of rotatable bonds is 6. The van der Waals surface area contributed by atoms with Crippen LogP contribution in [0.5, 0.6) is 0 Å². The van der Waals surface area contributed by atoms with E-state index in [4.69, 9.17) is 4.42 Å². The number of aromatic nitrogens is 3. The predicted octanol–water partition coefficient (Wildman–Crippen LogP) is 2.69. The number of hydrogen-bond acceptors (Lipinski definition) is 6. The molecule has 0 aromatic carbocycles. The van der Waals surface area contributed by atoms with Gasteiger partial charge in [-0.3, -0.25) is 0 Å². The molecule has 0 aliphatic rings. The van der Waals surface area contributed by atoms with Crippen LogP contribution in [0.25, 0.3) is 0 Å². The summed E-state index contributed by atoms with van der Waals surface area (Å²) in [5.41, 5.74) is 0.996. The summed E-state index contributed by atoms with van der Waals surface area (Å²) < 4.78 is 5.45. The molecule has 0 saturated carbocycles. The summed E-state index contributed by atoms with van der Waals surface area (Å²) in [4.78, 5) is 13.2. The average Bonchev–Trinajstić information content (AvgIpc) is 2.85. The normalized spacial score (nSPS) is 10.6. The minimum Gasteiger partial charge on any atom is -0.444 e. The van der Waals surface area contributed by atoms with E-state index in [0.29, 0.717) is 12.4 Å². The van der Waals surface area contributed by atoms with Crippen molar-refractivity contribution in [2.24, 2.45) is 0 Å². The van der Waals surface area contributed by atoms with Gasteiger partial charge in [-0.25, -0.2) is 15.0 Å². The zero-order chi connectivity index (χ0) is 14.5. The number of nitrogens with zero attached hydrogens (tertiary/aromatic N) is 3. The van der Waals surface area contributed by atoms with E-state index in [1.165, 1.54) is 0 Å². The van der Waals surface area contributed by atoms with Crippen LogP contribution >= 0.6 is 0 Å². The first-order chi connectivity index (χ1) is 9.63. The molecule has 0 bridgehead atoms. The van der Waals surface area contributed by atoms with Crippen molar-refractivity contribution in [2.45, 2.75) is 40.2 Å². The molecule has 0 aliphatic carbocycles. The fraction of sp³-hybridized carbons (Fsp3) is 0.500. The lowest BCUT2D eigenvalue weighted by atomic mass is 10.2. The molecule has 20 heavy (non-hydrogen) atoms. The molecule has 0 fully saturated rings. The van der Waals surface area contributed by atoms with Gasteiger partial charge in [0, 0.05) is 19.0 Å². The first-order valence-corrected chi connectivity index (χ1v) is 6.84. The molecule has 0 amide bonds. The van der Waals surface area contributed by atoms with Crippen LogP contribution in [0.4, 0.5) is 11.6 Å². The highest BCUT2D eigenvalue weighted by atomic mass is 16.4. The van der Waals surface area contributed by atoms with Crippen molar-refractivity contribution in [2.75, 3.05) is 17.7 Å². The Bertz CT molecular complexity index is 579. The Morgan fingerprint density at radius 3 is 2.55 bits per heavy atom. The fourth-order valence-corrected chi connectivity index (χ4v) is 1.96. The van der Waals surface area contributed by atoms with Crippen molar-refractivity contribution >= 4 is 11.6 Å². The van der Waals surface area contributed by atoms with Crippen LogP contribution in [0, 0.1) is 13.8 Å². The Balaban J connectivity index is 2.18. The maximum absolute atomic E-state index is 5.45. The minimum atomic E-state index is 0.514. The molecule has 108 valence electrons. The second-order valence-electron chi connectivity index (χ2n) is 4.68. The summed E-state index contributed by atoms with van der Waals surface area (Å²) in [6.45, 7) is 6.50. The number of aryl methyl sites for hydroxylation is 2. The molecular formula is C14H21N5O.